The van der Waals surface area contributed by atoms with E-state index in [0.29, 0.717) is 12.3 Å². The number of aliphatic imine (C=N–C) groups is 1. The maximum Gasteiger partial charge on any atom is 0.265 e. The lowest BCUT2D eigenvalue weighted by atomic mass is 10.0. The van der Waals surface area contributed by atoms with Crippen LogP contribution in [0, 0.1) is 0 Å². The molecule has 1 aromatic heterocycles. The first-order valence-electron chi connectivity index (χ1n) is 8.82. The fourth-order valence-electron chi connectivity index (χ4n) is 3.12. The highest BCUT2D eigenvalue weighted by Gasteiger charge is 2.23. The van der Waals surface area contributed by atoms with Crippen LogP contribution in [0.2, 0.25) is 0 Å². The minimum absolute atomic E-state index is 0.128. The van der Waals surface area contributed by atoms with Crippen molar-refractivity contribution in [1.82, 2.24) is 9.88 Å². The molecule has 25 heavy (non-hydrogen) atoms. The van der Waals surface area contributed by atoms with Crippen LogP contribution in [0.4, 0.5) is 5.69 Å². The minimum atomic E-state index is -0.128. The number of benzene rings is 1. The predicted molar refractivity (Wildman–Crippen MR) is 101 cm³/mol. The SMILES string of the molecule is CCN(CC)CCN1CC(=O)N=C(c2ccccn2)c2ccccc21. The minimum Gasteiger partial charge on any atom is -0.360 e. The Kier molecular flexibility index (Phi) is 5.56. The number of aromatic nitrogens is 1. The number of benzodiazepines with no additional fused rings is 1. The molecule has 5 nitrogen and oxygen atoms in total. The molecule has 1 aliphatic heterocycles. The van der Waals surface area contributed by atoms with Crippen LogP contribution < -0.4 is 4.90 Å². The van der Waals surface area contributed by atoms with Crippen molar-refractivity contribution in [3.8, 4) is 0 Å². The molecule has 1 aromatic carbocycles. The van der Waals surface area contributed by atoms with E-state index in [2.05, 4.69) is 39.7 Å². The number of para-hydroxylation sites is 1. The molecule has 0 atom stereocenters. The summed E-state index contributed by atoms with van der Waals surface area (Å²) in [5, 5.41) is 0. The van der Waals surface area contributed by atoms with E-state index in [0.717, 1.165) is 43.1 Å². The van der Waals surface area contributed by atoms with E-state index < -0.39 is 0 Å². The summed E-state index contributed by atoms with van der Waals surface area (Å²) >= 11 is 0. The average Bonchev–Trinajstić information content (AvgIpc) is 2.80. The lowest BCUT2D eigenvalue weighted by Gasteiger charge is -2.27. The number of likely N-dealkylation sites (N-methyl/N-ethyl adjacent to an activating group) is 1. The van der Waals surface area contributed by atoms with Gasteiger partial charge in [-0.05, 0) is 31.3 Å². The van der Waals surface area contributed by atoms with Gasteiger partial charge in [-0.1, -0.05) is 38.1 Å². The summed E-state index contributed by atoms with van der Waals surface area (Å²) < 4.78 is 0. The Labute approximate surface area is 149 Å². The lowest BCUT2D eigenvalue weighted by molar-refractivity contribution is -0.116. The standard InChI is InChI=1S/C20H24N4O/c1-3-23(4-2)13-14-24-15-19(25)22-20(17-10-7-8-12-21-17)16-9-5-6-11-18(16)24/h5-12H,3-4,13-15H2,1-2H3. The molecule has 0 fully saturated rings. The van der Waals surface area contributed by atoms with Gasteiger partial charge in [0.2, 0.25) is 0 Å². The van der Waals surface area contributed by atoms with Gasteiger partial charge in [0.1, 0.15) is 5.71 Å². The summed E-state index contributed by atoms with van der Waals surface area (Å²) in [7, 11) is 0. The molecule has 1 aliphatic rings. The van der Waals surface area contributed by atoms with Gasteiger partial charge < -0.3 is 9.80 Å². The molecule has 0 N–H and O–H groups in total. The molecule has 0 saturated carbocycles. The fourth-order valence-corrected chi connectivity index (χ4v) is 3.12. The largest absolute Gasteiger partial charge is 0.360 e. The topological polar surface area (TPSA) is 48.8 Å². The maximum absolute atomic E-state index is 12.5. The Balaban J connectivity index is 1.95. The predicted octanol–water partition coefficient (Wildman–Crippen LogP) is 2.61. The van der Waals surface area contributed by atoms with Gasteiger partial charge in [0.25, 0.3) is 5.91 Å². The van der Waals surface area contributed by atoms with Gasteiger partial charge in [-0.25, -0.2) is 4.99 Å². The molecule has 0 spiro atoms. The molecule has 3 rings (SSSR count). The zero-order chi connectivity index (χ0) is 17.6. The molecule has 0 bridgehead atoms. The van der Waals surface area contributed by atoms with Crippen LogP contribution in [0.5, 0.6) is 0 Å². The van der Waals surface area contributed by atoms with Gasteiger partial charge in [-0.2, -0.15) is 0 Å². The molecule has 0 saturated heterocycles. The van der Waals surface area contributed by atoms with Gasteiger partial charge in [-0.15, -0.1) is 0 Å². The number of nitrogens with zero attached hydrogens (tertiary/aromatic N) is 4. The zero-order valence-electron chi connectivity index (χ0n) is 14.9. The van der Waals surface area contributed by atoms with Gasteiger partial charge in [0.05, 0.1) is 12.2 Å². The lowest BCUT2D eigenvalue weighted by Crippen LogP contribution is -2.37. The molecule has 2 heterocycles. The highest BCUT2D eigenvalue weighted by Crippen LogP contribution is 2.25. The third-order valence-electron chi connectivity index (χ3n) is 4.55. The number of carbonyl (C=O) groups excluding carboxylic acids is 1. The highest BCUT2D eigenvalue weighted by molar-refractivity contribution is 6.19. The number of amides is 1. The quantitative estimate of drug-likeness (QED) is 0.814. The molecule has 0 radical (unpaired) electrons. The monoisotopic (exact) mass is 336 g/mol. The third-order valence-corrected chi connectivity index (χ3v) is 4.55. The summed E-state index contributed by atoms with van der Waals surface area (Å²) in [5.74, 6) is -0.128. The normalized spacial score (nSPS) is 14.3. The van der Waals surface area contributed by atoms with Crippen LogP contribution in [0.25, 0.3) is 0 Å². The van der Waals surface area contributed by atoms with Crippen molar-refractivity contribution >= 4 is 17.3 Å². The van der Waals surface area contributed by atoms with Crippen molar-refractivity contribution in [2.45, 2.75) is 13.8 Å². The van der Waals surface area contributed by atoms with Crippen molar-refractivity contribution in [2.75, 3.05) is 37.6 Å². The van der Waals surface area contributed by atoms with Crippen LogP contribution in [0.15, 0.2) is 53.7 Å². The van der Waals surface area contributed by atoms with E-state index in [9.17, 15) is 4.79 Å². The van der Waals surface area contributed by atoms with Crippen LogP contribution in [-0.4, -0.2) is 54.2 Å². The Bertz CT molecular complexity index is 753. The molecular weight excluding hydrogens is 312 g/mol. The van der Waals surface area contributed by atoms with Crippen molar-refractivity contribution in [3.05, 3.63) is 59.9 Å². The van der Waals surface area contributed by atoms with E-state index in [1.807, 2.05) is 36.4 Å². The first kappa shape index (κ1) is 17.3. The maximum atomic E-state index is 12.5. The van der Waals surface area contributed by atoms with E-state index >= 15 is 0 Å². The molecule has 0 unspecified atom stereocenters. The van der Waals surface area contributed by atoms with E-state index in [1.54, 1.807) is 6.20 Å². The second kappa shape index (κ2) is 8.03. The second-order valence-corrected chi connectivity index (χ2v) is 6.03. The Morgan fingerprint density at radius 3 is 2.56 bits per heavy atom. The summed E-state index contributed by atoms with van der Waals surface area (Å²) in [6.07, 6.45) is 1.73. The summed E-state index contributed by atoms with van der Waals surface area (Å²) in [5.41, 5.74) is 3.40. The van der Waals surface area contributed by atoms with Gasteiger partial charge in [0, 0.05) is 30.5 Å². The second-order valence-electron chi connectivity index (χ2n) is 6.03. The molecule has 0 aliphatic carbocycles. The average molecular weight is 336 g/mol. The van der Waals surface area contributed by atoms with Gasteiger partial charge >= 0.3 is 0 Å². The van der Waals surface area contributed by atoms with Crippen LogP contribution in [0.3, 0.4) is 0 Å². The molecular formula is C20H24N4O. The first-order valence-corrected chi connectivity index (χ1v) is 8.82. The van der Waals surface area contributed by atoms with Crippen molar-refractivity contribution in [2.24, 2.45) is 4.99 Å². The molecule has 5 heteroatoms. The molecule has 2 aromatic rings. The van der Waals surface area contributed by atoms with E-state index in [-0.39, 0.29) is 5.91 Å². The number of hydrogen-bond acceptors (Lipinski definition) is 4. The summed E-state index contributed by atoms with van der Waals surface area (Å²) in [6.45, 7) is 8.36. The highest BCUT2D eigenvalue weighted by atomic mass is 16.1. The molecule has 130 valence electrons. The van der Waals surface area contributed by atoms with E-state index in [4.69, 9.17) is 0 Å². The number of rotatable bonds is 6. The van der Waals surface area contributed by atoms with Crippen LogP contribution in [-0.2, 0) is 4.79 Å². The number of hydrogen-bond donors (Lipinski definition) is 0. The van der Waals surface area contributed by atoms with E-state index in [1.165, 1.54) is 0 Å². The van der Waals surface area contributed by atoms with Crippen molar-refractivity contribution < 1.29 is 4.79 Å². The summed E-state index contributed by atoms with van der Waals surface area (Å²) in [6, 6.07) is 13.8. The number of fused-ring (bicyclic) bond motifs is 1. The van der Waals surface area contributed by atoms with Crippen molar-refractivity contribution in [3.63, 3.8) is 0 Å². The van der Waals surface area contributed by atoms with Crippen LogP contribution in [0.1, 0.15) is 25.1 Å². The fraction of sp³-hybridized carbons (Fsp3) is 0.350. The number of anilines is 1. The Morgan fingerprint density at radius 2 is 1.84 bits per heavy atom. The smallest absolute Gasteiger partial charge is 0.265 e. The number of pyridine rings is 1. The van der Waals surface area contributed by atoms with Crippen LogP contribution >= 0.6 is 0 Å². The van der Waals surface area contributed by atoms with Crippen molar-refractivity contribution in [1.29, 1.82) is 0 Å². The Hall–Kier alpha value is -2.53. The van der Waals surface area contributed by atoms with Gasteiger partial charge in [0.15, 0.2) is 0 Å². The number of carbonyl (C=O) groups is 1. The van der Waals surface area contributed by atoms with Gasteiger partial charge in [-0.3, -0.25) is 9.78 Å². The molecule has 1 amide bonds. The Morgan fingerprint density at radius 1 is 1.08 bits per heavy atom. The zero-order valence-corrected chi connectivity index (χ0v) is 14.9. The first-order chi connectivity index (χ1) is 12.2. The summed E-state index contributed by atoms with van der Waals surface area (Å²) in [4.78, 5) is 25.7. The third kappa shape index (κ3) is 3.94.